The van der Waals surface area contributed by atoms with Crippen molar-refractivity contribution >= 4 is 29.9 Å². The maximum absolute atomic E-state index is 6.03. The summed E-state index contributed by atoms with van der Waals surface area (Å²) in [6, 6.07) is 10.5. The van der Waals surface area contributed by atoms with Crippen molar-refractivity contribution in [1.29, 1.82) is 0 Å². The molecule has 22 heavy (non-hydrogen) atoms. The summed E-state index contributed by atoms with van der Waals surface area (Å²) >= 11 is 0. The van der Waals surface area contributed by atoms with E-state index >= 15 is 0 Å². The summed E-state index contributed by atoms with van der Waals surface area (Å²) in [5.74, 6) is 1.46. The monoisotopic (exact) mass is 417 g/mol. The average molecular weight is 417 g/mol. The number of hydrogen-bond donors (Lipinski definition) is 0. The molecule has 1 aromatic rings. The van der Waals surface area contributed by atoms with Crippen molar-refractivity contribution in [1.82, 2.24) is 9.80 Å². The maximum atomic E-state index is 6.03. The first-order chi connectivity index (χ1) is 10.1. The van der Waals surface area contributed by atoms with Gasteiger partial charge in [-0.2, -0.15) is 0 Å². The molecular weight excluding hydrogens is 389 g/mol. The Morgan fingerprint density at radius 1 is 1.14 bits per heavy atom. The van der Waals surface area contributed by atoms with E-state index < -0.39 is 0 Å². The van der Waals surface area contributed by atoms with Gasteiger partial charge in [0.15, 0.2) is 5.96 Å². The van der Waals surface area contributed by atoms with Crippen molar-refractivity contribution < 1.29 is 4.74 Å². The largest absolute Gasteiger partial charge is 0.373 e. The van der Waals surface area contributed by atoms with Gasteiger partial charge in [0.1, 0.15) is 0 Å². The fourth-order valence-electron chi connectivity index (χ4n) is 2.92. The molecule has 0 aliphatic carbocycles. The third-order valence-corrected chi connectivity index (χ3v) is 3.84. The molecule has 0 aromatic heterocycles. The highest BCUT2D eigenvalue weighted by Crippen LogP contribution is 2.33. The molecule has 1 aliphatic rings. The van der Waals surface area contributed by atoms with E-state index in [0.29, 0.717) is 5.92 Å². The van der Waals surface area contributed by atoms with Gasteiger partial charge in [0.05, 0.1) is 6.10 Å². The molecular formula is C17H28IN3O. The van der Waals surface area contributed by atoms with Crippen molar-refractivity contribution in [3.63, 3.8) is 0 Å². The fraction of sp³-hybridized carbons (Fsp3) is 0.588. The summed E-state index contributed by atoms with van der Waals surface area (Å²) in [6.45, 7) is 1.67. The molecule has 0 N–H and O–H groups in total. The first kappa shape index (κ1) is 19.2. The third kappa shape index (κ3) is 5.12. The van der Waals surface area contributed by atoms with Crippen molar-refractivity contribution in [2.45, 2.75) is 18.9 Å². The van der Waals surface area contributed by atoms with Crippen LogP contribution >= 0.6 is 24.0 Å². The van der Waals surface area contributed by atoms with Gasteiger partial charge in [-0.1, -0.05) is 30.3 Å². The number of nitrogens with zero attached hydrogens (tertiary/aromatic N) is 3. The zero-order valence-electron chi connectivity index (χ0n) is 14.0. The summed E-state index contributed by atoms with van der Waals surface area (Å²) < 4.78 is 6.03. The summed E-state index contributed by atoms with van der Waals surface area (Å²) in [4.78, 5) is 8.92. The molecule has 0 saturated carbocycles. The first-order valence-electron chi connectivity index (χ1n) is 7.65. The van der Waals surface area contributed by atoms with Crippen LogP contribution in [0.15, 0.2) is 35.3 Å². The summed E-state index contributed by atoms with van der Waals surface area (Å²) in [6.07, 6.45) is 2.48. The Kier molecular flexibility index (Phi) is 8.17. The van der Waals surface area contributed by atoms with Gasteiger partial charge in [-0.25, -0.2) is 0 Å². The van der Waals surface area contributed by atoms with Gasteiger partial charge < -0.3 is 14.5 Å². The van der Waals surface area contributed by atoms with Gasteiger partial charge in [-0.15, -0.1) is 24.0 Å². The minimum atomic E-state index is 0. The molecule has 2 rings (SSSR count). The van der Waals surface area contributed by atoms with E-state index in [4.69, 9.17) is 9.73 Å². The number of aliphatic imine (C=N–C) groups is 1. The molecule has 2 unspecified atom stereocenters. The summed E-state index contributed by atoms with van der Waals surface area (Å²) in [7, 11) is 8.13. The van der Waals surface area contributed by atoms with Crippen LogP contribution in [0, 0.1) is 5.92 Å². The molecule has 1 saturated heterocycles. The Bertz CT molecular complexity index is 452. The molecule has 4 nitrogen and oxygen atoms in total. The molecule has 1 aromatic carbocycles. The van der Waals surface area contributed by atoms with E-state index in [1.807, 2.05) is 28.2 Å². The van der Waals surface area contributed by atoms with E-state index in [-0.39, 0.29) is 30.1 Å². The van der Waals surface area contributed by atoms with Crippen LogP contribution in [0.25, 0.3) is 0 Å². The highest BCUT2D eigenvalue weighted by molar-refractivity contribution is 14.0. The second-order valence-electron chi connectivity index (χ2n) is 6.03. The number of guanidine groups is 1. The van der Waals surface area contributed by atoms with Crippen LogP contribution in [0.1, 0.15) is 24.5 Å². The number of ether oxygens (including phenoxy) is 1. The SMILES string of the molecule is CN(C)C(=NCC1CCCOC1c1ccccc1)N(C)C.I. The number of halogens is 1. The normalized spacial score (nSPS) is 20.7. The number of rotatable bonds is 3. The quantitative estimate of drug-likeness (QED) is 0.430. The Morgan fingerprint density at radius 3 is 2.36 bits per heavy atom. The second-order valence-corrected chi connectivity index (χ2v) is 6.03. The Morgan fingerprint density at radius 2 is 1.77 bits per heavy atom. The molecule has 0 bridgehead atoms. The Labute approximate surface area is 151 Å². The zero-order chi connectivity index (χ0) is 15.2. The predicted molar refractivity (Wildman–Crippen MR) is 103 cm³/mol. The molecule has 2 atom stereocenters. The van der Waals surface area contributed by atoms with Gasteiger partial charge in [0.25, 0.3) is 0 Å². The Balaban J connectivity index is 0.00000242. The average Bonchev–Trinajstić information content (AvgIpc) is 2.48. The molecule has 124 valence electrons. The molecule has 1 aliphatic heterocycles. The third-order valence-electron chi connectivity index (χ3n) is 3.84. The maximum Gasteiger partial charge on any atom is 0.195 e. The van der Waals surface area contributed by atoms with Gasteiger partial charge >= 0.3 is 0 Å². The van der Waals surface area contributed by atoms with Crippen molar-refractivity contribution in [2.24, 2.45) is 10.9 Å². The molecule has 1 heterocycles. The van der Waals surface area contributed by atoms with Crippen LogP contribution in [0.5, 0.6) is 0 Å². The van der Waals surface area contributed by atoms with E-state index in [1.165, 1.54) is 12.0 Å². The van der Waals surface area contributed by atoms with Crippen molar-refractivity contribution in [3.8, 4) is 0 Å². The van der Waals surface area contributed by atoms with Gasteiger partial charge in [0, 0.05) is 47.3 Å². The summed E-state index contributed by atoms with van der Waals surface area (Å²) in [5.41, 5.74) is 1.27. The molecule has 1 fully saturated rings. The van der Waals surface area contributed by atoms with Crippen LogP contribution in [-0.4, -0.2) is 57.1 Å². The van der Waals surface area contributed by atoms with Crippen LogP contribution in [0.4, 0.5) is 0 Å². The predicted octanol–water partition coefficient (Wildman–Crippen LogP) is 3.25. The first-order valence-corrected chi connectivity index (χ1v) is 7.65. The van der Waals surface area contributed by atoms with E-state index in [0.717, 1.165) is 25.5 Å². The molecule has 0 amide bonds. The lowest BCUT2D eigenvalue weighted by molar-refractivity contribution is -0.0251. The highest BCUT2D eigenvalue weighted by atomic mass is 127. The minimum absolute atomic E-state index is 0. The number of hydrogen-bond acceptors (Lipinski definition) is 2. The van der Waals surface area contributed by atoms with E-state index in [9.17, 15) is 0 Å². The van der Waals surface area contributed by atoms with Crippen LogP contribution in [0.2, 0.25) is 0 Å². The van der Waals surface area contributed by atoms with Crippen LogP contribution in [0.3, 0.4) is 0 Å². The minimum Gasteiger partial charge on any atom is -0.373 e. The zero-order valence-corrected chi connectivity index (χ0v) is 16.4. The Hall–Kier alpha value is -0.820. The van der Waals surface area contributed by atoms with E-state index in [1.54, 1.807) is 0 Å². The lowest BCUT2D eigenvalue weighted by atomic mass is 9.89. The number of benzene rings is 1. The highest BCUT2D eigenvalue weighted by Gasteiger charge is 2.27. The van der Waals surface area contributed by atoms with E-state index in [2.05, 4.69) is 40.1 Å². The second kappa shape index (κ2) is 9.35. The fourth-order valence-corrected chi connectivity index (χ4v) is 2.92. The topological polar surface area (TPSA) is 28.1 Å². The molecule has 5 heteroatoms. The lowest BCUT2D eigenvalue weighted by Crippen LogP contribution is -2.36. The standard InChI is InChI=1S/C17H27N3O.HI/c1-19(2)17(20(3)4)18-13-15-11-8-12-21-16(15)14-9-6-5-7-10-14;/h5-7,9-10,15-16H,8,11-13H2,1-4H3;1H. The van der Waals surface area contributed by atoms with Crippen LogP contribution in [-0.2, 0) is 4.74 Å². The van der Waals surface area contributed by atoms with Gasteiger partial charge in [0.2, 0.25) is 0 Å². The summed E-state index contributed by atoms with van der Waals surface area (Å²) in [5, 5.41) is 0. The van der Waals surface area contributed by atoms with Crippen molar-refractivity contribution in [2.75, 3.05) is 41.3 Å². The van der Waals surface area contributed by atoms with Gasteiger partial charge in [-0.05, 0) is 18.4 Å². The van der Waals surface area contributed by atoms with Gasteiger partial charge in [-0.3, -0.25) is 4.99 Å². The molecule has 0 radical (unpaired) electrons. The van der Waals surface area contributed by atoms with Crippen LogP contribution < -0.4 is 0 Å². The van der Waals surface area contributed by atoms with Crippen molar-refractivity contribution in [3.05, 3.63) is 35.9 Å². The smallest absolute Gasteiger partial charge is 0.195 e. The lowest BCUT2D eigenvalue weighted by Gasteiger charge is -2.32. The molecule has 0 spiro atoms.